The smallest absolute Gasteiger partial charge is 0.320 e. The van der Waals surface area contributed by atoms with Crippen LogP contribution in [0.1, 0.15) is 5.56 Å². The zero-order chi connectivity index (χ0) is 11.4. The third kappa shape index (κ3) is 2.92. The highest BCUT2D eigenvalue weighted by atomic mass is 19.1. The van der Waals surface area contributed by atoms with Crippen LogP contribution in [-0.4, -0.2) is 24.2 Å². The Bertz CT molecular complexity index is 368. The van der Waals surface area contributed by atoms with Crippen molar-refractivity contribution in [3.63, 3.8) is 0 Å². The van der Waals surface area contributed by atoms with Gasteiger partial charge >= 0.3 is 5.97 Å². The topological polar surface area (TPSA) is 72.5 Å². The van der Waals surface area contributed by atoms with Gasteiger partial charge in [-0.05, 0) is 23.8 Å². The van der Waals surface area contributed by atoms with Crippen LogP contribution in [0.15, 0.2) is 18.2 Å². The van der Waals surface area contributed by atoms with Crippen molar-refractivity contribution in [2.75, 3.05) is 7.11 Å². The fourth-order valence-corrected chi connectivity index (χ4v) is 1.23. The summed E-state index contributed by atoms with van der Waals surface area (Å²) in [5, 5.41) is 8.62. The molecule has 1 rings (SSSR count). The Hall–Kier alpha value is -1.62. The van der Waals surface area contributed by atoms with E-state index in [1.807, 2.05) is 0 Å². The molecule has 1 atom stereocenters. The van der Waals surface area contributed by atoms with E-state index in [1.165, 1.54) is 25.3 Å². The summed E-state index contributed by atoms with van der Waals surface area (Å²) in [5.74, 6) is -1.13. The first kappa shape index (κ1) is 11.5. The van der Waals surface area contributed by atoms with E-state index in [4.69, 9.17) is 15.6 Å². The van der Waals surface area contributed by atoms with Crippen LogP contribution in [0.3, 0.4) is 0 Å². The number of hydrogen-bond acceptors (Lipinski definition) is 3. The number of aliphatic carboxylic acids is 1. The molecule has 0 aliphatic heterocycles. The Kier molecular flexibility index (Phi) is 3.62. The van der Waals surface area contributed by atoms with Crippen LogP contribution in [0.2, 0.25) is 0 Å². The number of hydrogen-bond donors (Lipinski definition) is 2. The highest BCUT2D eigenvalue weighted by molar-refractivity contribution is 5.73. The van der Waals surface area contributed by atoms with Crippen molar-refractivity contribution in [3.8, 4) is 5.75 Å². The quantitative estimate of drug-likeness (QED) is 0.775. The molecular weight excluding hydrogens is 201 g/mol. The molecule has 0 saturated carbocycles. The van der Waals surface area contributed by atoms with Gasteiger partial charge in [0.1, 0.15) is 17.6 Å². The van der Waals surface area contributed by atoms with E-state index in [1.54, 1.807) is 0 Å². The van der Waals surface area contributed by atoms with E-state index in [-0.39, 0.29) is 6.42 Å². The Morgan fingerprint density at radius 2 is 2.33 bits per heavy atom. The molecule has 0 unspecified atom stereocenters. The molecule has 4 nitrogen and oxygen atoms in total. The second-order valence-corrected chi connectivity index (χ2v) is 3.11. The zero-order valence-corrected chi connectivity index (χ0v) is 8.24. The van der Waals surface area contributed by atoms with Gasteiger partial charge in [0.2, 0.25) is 0 Å². The van der Waals surface area contributed by atoms with Gasteiger partial charge in [0, 0.05) is 6.42 Å². The molecule has 0 saturated heterocycles. The van der Waals surface area contributed by atoms with E-state index in [2.05, 4.69) is 0 Å². The summed E-state index contributed by atoms with van der Waals surface area (Å²) in [6, 6.07) is 2.86. The number of halogens is 1. The highest BCUT2D eigenvalue weighted by Crippen LogP contribution is 2.20. The molecule has 0 aliphatic rings. The summed E-state index contributed by atoms with van der Waals surface area (Å²) in [6.07, 6.45) is 0.0380. The minimum atomic E-state index is -1.12. The van der Waals surface area contributed by atoms with Crippen LogP contribution in [-0.2, 0) is 11.2 Å². The predicted molar refractivity (Wildman–Crippen MR) is 52.3 cm³/mol. The number of nitrogens with two attached hydrogens (primary N) is 1. The fourth-order valence-electron chi connectivity index (χ4n) is 1.23. The van der Waals surface area contributed by atoms with Crippen molar-refractivity contribution in [1.82, 2.24) is 0 Å². The van der Waals surface area contributed by atoms with Crippen molar-refractivity contribution >= 4 is 5.97 Å². The van der Waals surface area contributed by atoms with Gasteiger partial charge in [-0.15, -0.1) is 0 Å². The summed E-state index contributed by atoms with van der Waals surface area (Å²) >= 11 is 0. The van der Waals surface area contributed by atoms with Crippen molar-refractivity contribution < 1.29 is 19.0 Å². The molecule has 0 heterocycles. The van der Waals surface area contributed by atoms with E-state index in [0.29, 0.717) is 11.3 Å². The summed E-state index contributed by atoms with van der Waals surface area (Å²) in [7, 11) is 1.43. The normalized spacial score (nSPS) is 12.2. The maximum Gasteiger partial charge on any atom is 0.320 e. The van der Waals surface area contributed by atoms with Crippen LogP contribution in [0.25, 0.3) is 0 Å². The maximum atomic E-state index is 12.9. The molecule has 3 N–H and O–H groups in total. The van der Waals surface area contributed by atoms with Crippen LogP contribution in [0.4, 0.5) is 4.39 Å². The first-order valence-electron chi connectivity index (χ1n) is 4.35. The molecule has 0 aliphatic carbocycles. The van der Waals surface area contributed by atoms with Gasteiger partial charge < -0.3 is 15.6 Å². The van der Waals surface area contributed by atoms with Gasteiger partial charge in [0.15, 0.2) is 0 Å². The molecule has 15 heavy (non-hydrogen) atoms. The lowest BCUT2D eigenvalue weighted by Gasteiger charge is -2.10. The molecule has 5 heteroatoms. The average Bonchev–Trinajstić information content (AvgIpc) is 2.18. The lowest BCUT2D eigenvalue weighted by molar-refractivity contribution is -0.138. The molecular formula is C10H12FNO3. The average molecular weight is 213 g/mol. The molecule has 0 amide bonds. The molecule has 0 spiro atoms. The van der Waals surface area contributed by atoms with Gasteiger partial charge in [-0.2, -0.15) is 0 Å². The number of carboxylic acid groups (broad SMARTS) is 1. The summed E-state index contributed by atoms with van der Waals surface area (Å²) in [6.45, 7) is 0. The second-order valence-electron chi connectivity index (χ2n) is 3.11. The van der Waals surface area contributed by atoms with Crippen LogP contribution >= 0.6 is 0 Å². The van der Waals surface area contributed by atoms with Gasteiger partial charge in [-0.25, -0.2) is 4.39 Å². The standard InChI is InChI=1S/C10H12FNO3/c1-15-9-3-2-7(11)4-6(9)5-8(12)10(13)14/h2-4,8H,5,12H2,1H3,(H,13,14)/t8-/m0/s1. The largest absolute Gasteiger partial charge is 0.496 e. The van der Waals surface area contributed by atoms with Gasteiger partial charge in [0.05, 0.1) is 7.11 Å². The van der Waals surface area contributed by atoms with E-state index in [0.717, 1.165) is 0 Å². The molecule has 1 aromatic rings. The van der Waals surface area contributed by atoms with Crippen LogP contribution < -0.4 is 10.5 Å². The first-order chi connectivity index (χ1) is 7.04. The molecule has 0 radical (unpaired) electrons. The minimum Gasteiger partial charge on any atom is -0.496 e. The van der Waals surface area contributed by atoms with Gasteiger partial charge in [-0.1, -0.05) is 0 Å². The number of carboxylic acids is 1. The molecule has 1 aromatic carbocycles. The number of rotatable bonds is 4. The van der Waals surface area contributed by atoms with Crippen molar-refractivity contribution in [2.45, 2.75) is 12.5 Å². The number of carbonyl (C=O) groups is 1. The van der Waals surface area contributed by atoms with Gasteiger partial charge in [-0.3, -0.25) is 4.79 Å². The lowest BCUT2D eigenvalue weighted by Crippen LogP contribution is -2.32. The number of benzene rings is 1. The summed E-state index contributed by atoms with van der Waals surface area (Å²) < 4.78 is 17.9. The Balaban J connectivity index is 2.91. The number of methoxy groups -OCH3 is 1. The van der Waals surface area contributed by atoms with Crippen LogP contribution in [0, 0.1) is 5.82 Å². The van der Waals surface area contributed by atoms with Crippen LogP contribution in [0.5, 0.6) is 5.75 Å². The summed E-state index contributed by atoms with van der Waals surface area (Å²) in [4.78, 5) is 10.5. The van der Waals surface area contributed by atoms with Crippen molar-refractivity contribution in [3.05, 3.63) is 29.6 Å². The SMILES string of the molecule is COc1ccc(F)cc1C[C@H](N)C(=O)O. The molecule has 0 bridgehead atoms. The predicted octanol–water partition coefficient (Wildman–Crippen LogP) is 0.789. The minimum absolute atomic E-state index is 0.0380. The fraction of sp³-hybridized carbons (Fsp3) is 0.300. The monoisotopic (exact) mass is 213 g/mol. The van der Waals surface area contributed by atoms with Crippen molar-refractivity contribution in [1.29, 1.82) is 0 Å². The lowest BCUT2D eigenvalue weighted by atomic mass is 10.1. The Morgan fingerprint density at radius 1 is 1.67 bits per heavy atom. The summed E-state index contributed by atoms with van der Waals surface area (Å²) in [5.41, 5.74) is 5.80. The zero-order valence-electron chi connectivity index (χ0n) is 8.24. The van der Waals surface area contributed by atoms with Crippen molar-refractivity contribution in [2.24, 2.45) is 5.73 Å². The van der Waals surface area contributed by atoms with Gasteiger partial charge in [0.25, 0.3) is 0 Å². The third-order valence-corrected chi connectivity index (χ3v) is 2.00. The Labute approximate surface area is 86.5 Å². The first-order valence-corrected chi connectivity index (χ1v) is 4.35. The highest BCUT2D eigenvalue weighted by Gasteiger charge is 2.15. The Morgan fingerprint density at radius 3 is 2.87 bits per heavy atom. The molecule has 0 fully saturated rings. The van der Waals surface area contributed by atoms with E-state index < -0.39 is 17.8 Å². The third-order valence-electron chi connectivity index (χ3n) is 2.00. The van der Waals surface area contributed by atoms with E-state index in [9.17, 15) is 9.18 Å². The molecule has 82 valence electrons. The maximum absolute atomic E-state index is 12.9. The second kappa shape index (κ2) is 4.75. The molecule has 0 aromatic heterocycles. The van der Waals surface area contributed by atoms with E-state index >= 15 is 0 Å². The number of ether oxygens (including phenoxy) is 1.